The fourth-order valence-corrected chi connectivity index (χ4v) is 3.41. The predicted molar refractivity (Wildman–Crippen MR) is 88.5 cm³/mol. The summed E-state index contributed by atoms with van der Waals surface area (Å²) in [5.74, 6) is -0.419. The van der Waals surface area contributed by atoms with E-state index in [1.165, 1.54) is 25.3 Å². The van der Waals surface area contributed by atoms with Crippen LogP contribution in [0.15, 0.2) is 18.2 Å². The lowest BCUT2D eigenvalue weighted by Gasteiger charge is -2.33. The van der Waals surface area contributed by atoms with Gasteiger partial charge in [0.25, 0.3) is 0 Å². The normalized spacial score (nSPS) is 23.0. The second kappa shape index (κ2) is 7.60. The van der Waals surface area contributed by atoms with Gasteiger partial charge in [0.05, 0.1) is 13.7 Å². The summed E-state index contributed by atoms with van der Waals surface area (Å²) in [5.41, 5.74) is -1.00. The third-order valence-electron chi connectivity index (χ3n) is 5.04. The van der Waals surface area contributed by atoms with Crippen molar-refractivity contribution in [2.24, 2.45) is 5.92 Å². The highest BCUT2D eigenvalue weighted by Crippen LogP contribution is 2.42. The number of carbonyl (C=O) groups excluding carboxylic acids is 2. The van der Waals surface area contributed by atoms with Crippen LogP contribution in [-0.2, 0) is 19.7 Å². The van der Waals surface area contributed by atoms with Crippen molar-refractivity contribution >= 4 is 11.8 Å². The Labute approximate surface area is 150 Å². The van der Waals surface area contributed by atoms with E-state index in [-0.39, 0.29) is 23.7 Å². The molecular formula is C19H22F2O5. The third kappa shape index (κ3) is 3.66. The molecule has 2 aliphatic carbocycles. The first kappa shape index (κ1) is 18.6. The minimum absolute atomic E-state index is 0.104. The molecule has 0 amide bonds. The maximum Gasteiger partial charge on any atom is 0.387 e. The standard InChI is InChI=1S/C19H22F2O5/c1-24-17(23)19(9-3-2-4-16(19)22)13-7-8-14(26-18(20)21)15(10-13)25-11-12-5-6-12/h7-8,10,12,18H,2-6,9,11H2,1H3. The number of Topliss-reactive ketones (excluding diaryl/α,β-unsaturated/α-hetero) is 1. The highest BCUT2D eigenvalue weighted by Gasteiger charge is 2.49. The number of benzene rings is 1. The van der Waals surface area contributed by atoms with Crippen molar-refractivity contribution in [3.8, 4) is 11.5 Å². The maximum absolute atomic E-state index is 12.7. The molecule has 0 N–H and O–H groups in total. The smallest absolute Gasteiger partial charge is 0.387 e. The van der Waals surface area contributed by atoms with Crippen LogP contribution in [0.25, 0.3) is 0 Å². The van der Waals surface area contributed by atoms with E-state index in [1.807, 2.05) is 0 Å². The minimum atomic E-state index is -2.99. The van der Waals surface area contributed by atoms with Crippen LogP contribution in [0, 0.1) is 5.92 Å². The monoisotopic (exact) mass is 368 g/mol. The molecule has 1 aromatic carbocycles. The number of carbonyl (C=O) groups is 2. The van der Waals surface area contributed by atoms with Gasteiger partial charge in [-0.05, 0) is 49.3 Å². The van der Waals surface area contributed by atoms with Crippen LogP contribution >= 0.6 is 0 Å². The topological polar surface area (TPSA) is 61.8 Å². The molecule has 0 heterocycles. The quantitative estimate of drug-likeness (QED) is 0.543. The molecule has 0 saturated heterocycles. The van der Waals surface area contributed by atoms with Gasteiger partial charge in [0.1, 0.15) is 0 Å². The predicted octanol–water partition coefficient (Wildman–Crippen LogP) is 3.63. The zero-order chi connectivity index (χ0) is 18.7. The summed E-state index contributed by atoms with van der Waals surface area (Å²) in [4.78, 5) is 25.2. The number of ketones is 1. The Morgan fingerprint density at radius 3 is 2.65 bits per heavy atom. The van der Waals surface area contributed by atoms with Crippen LogP contribution in [0.5, 0.6) is 11.5 Å². The second-order valence-corrected chi connectivity index (χ2v) is 6.82. The minimum Gasteiger partial charge on any atom is -0.489 e. The van der Waals surface area contributed by atoms with Crippen LogP contribution in [-0.4, -0.2) is 32.1 Å². The average molecular weight is 368 g/mol. The lowest BCUT2D eigenvalue weighted by atomic mass is 9.68. The number of halogens is 2. The molecule has 0 spiro atoms. The fraction of sp³-hybridized carbons (Fsp3) is 0.579. The van der Waals surface area contributed by atoms with Crippen LogP contribution in [0.1, 0.15) is 44.1 Å². The Hall–Kier alpha value is -2.18. The molecule has 2 saturated carbocycles. The van der Waals surface area contributed by atoms with Crippen molar-refractivity contribution in [1.82, 2.24) is 0 Å². The first-order valence-corrected chi connectivity index (χ1v) is 8.81. The SMILES string of the molecule is COC(=O)C1(c2ccc(OC(F)F)c(OCC3CC3)c2)CCCCC1=O. The van der Waals surface area contributed by atoms with Crippen molar-refractivity contribution < 1.29 is 32.6 Å². The molecule has 2 fully saturated rings. The Balaban J connectivity index is 1.99. The molecule has 1 atom stereocenters. The van der Waals surface area contributed by atoms with Crippen LogP contribution in [0.2, 0.25) is 0 Å². The summed E-state index contributed by atoms with van der Waals surface area (Å²) in [5, 5.41) is 0. The van der Waals surface area contributed by atoms with E-state index in [2.05, 4.69) is 4.74 Å². The summed E-state index contributed by atoms with van der Waals surface area (Å²) in [6.45, 7) is -2.60. The average Bonchev–Trinajstić information content (AvgIpc) is 3.45. The van der Waals surface area contributed by atoms with Crippen molar-refractivity contribution in [1.29, 1.82) is 0 Å². The molecule has 2 aliphatic rings. The Kier molecular flexibility index (Phi) is 5.44. The molecule has 1 aromatic rings. The number of ether oxygens (including phenoxy) is 3. The van der Waals surface area contributed by atoms with Gasteiger partial charge in [0, 0.05) is 6.42 Å². The number of methoxy groups -OCH3 is 1. The van der Waals surface area contributed by atoms with Crippen molar-refractivity contribution in [3.63, 3.8) is 0 Å². The molecule has 142 valence electrons. The third-order valence-corrected chi connectivity index (χ3v) is 5.04. The summed E-state index contributed by atoms with van der Waals surface area (Å²) in [6, 6.07) is 4.28. The van der Waals surface area contributed by atoms with E-state index < -0.39 is 18.0 Å². The summed E-state index contributed by atoms with van der Waals surface area (Å²) in [6.07, 6.45) is 4.10. The molecule has 0 radical (unpaired) electrons. The Morgan fingerprint density at radius 1 is 1.27 bits per heavy atom. The van der Waals surface area contributed by atoms with Gasteiger partial charge in [-0.1, -0.05) is 12.5 Å². The first-order valence-electron chi connectivity index (χ1n) is 8.81. The van der Waals surface area contributed by atoms with Gasteiger partial charge in [-0.3, -0.25) is 9.59 Å². The van der Waals surface area contributed by atoms with Gasteiger partial charge in [-0.25, -0.2) is 0 Å². The van der Waals surface area contributed by atoms with Gasteiger partial charge >= 0.3 is 12.6 Å². The van der Waals surface area contributed by atoms with Crippen molar-refractivity contribution in [2.75, 3.05) is 13.7 Å². The molecule has 1 unspecified atom stereocenters. The van der Waals surface area contributed by atoms with E-state index in [0.29, 0.717) is 30.9 Å². The Morgan fingerprint density at radius 2 is 2.04 bits per heavy atom. The molecule has 0 aromatic heterocycles. The van der Waals surface area contributed by atoms with Gasteiger partial charge < -0.3 is 14.2 Å². The molecule has 0 bridgehead atoms. The number of alkyl halides is 2. The van der Waals surface area contributed by atoms with Crippen LogP contribution in [0.3, 0.4) is 0 Å². The Bertz CT molecular complexity index is 677. The lowest BCUT2D eigenvalue weighted by molar-refractivity contribution is -0.153. The first-order chi connectivity index (χ1) is 12.5. The molecular weight excluding hydrogens is 346 g/mol. The zero-order valence-electron chi connectivity index (χ0n) is 14.6. The van der Waals surface area contributed by atoms with E-state index in [4.69, 9.17) is 9.47 Å². The highest BCUT2D eigenvalue weighted by atomic mass is 19.3. The largest absolute Gasteiger partial charge is 0.489 e. The van der Waals surface area contributed by atoms with E-state index in [1.54, 1.807) is 0 Å². The van der Waals surface area contributed by atoms with Gasteiger partial charge in [0.2, 0.25) is 0 Å². The number of hydrogen-bond donors (Lipinski definition) is 0. The van der Waals surface area contributed by atoms with Crippen molar-refractivity contribution in [3.05, 3.63) is 23.8 Å². The van der Waals surface area contributed by atoms with E-state index in [9.17, 15) is 18.4 Å². The van der Waals surface area contributed by atoms with Crippen LogP contribution < -0.4 is 9.47 Å². The summed E-state index contributed by atoms with van der Waals surface area (Å²) < 4.78 is 40.5. The molecule has 7 heteroatoms. The number of esters is 1. The van der Waals surface area contributed by atoms with Crippen LogP contribution in [0.4, 0.5) is 8.78 Å². The molecule has 5 nitrogen and oxygen atoms in total. The van der Waals surface area contributed by atoms with Gasteiger partial charge in [-0.15, -0.1) is 0 Å². The van der Waals surface area contributed by atoms with E-state index >= 15 is 0 Å². The highest BCUT2D eigenvalue weighted by molar-refractivity contribution is 6.10. The lowest BCUT2D eigenvalue weighted by Crippen LogP contribution is -2.46. The van der Waals surface area contributed by atoms with Gasteiger partial charge in [0.15, 0.2) is 22.7 Å². The van der Waals surface area contributed by atoms with Gasteiger partial charge in [-0.2, -0.15) is 8.78 Å². The molecule has 3 rings (SSSR count). The zero-order valence-corrected chi connectivity index (χ0v) is 14.6. The maximum atomic E-state index is 12.7. The van der Waals surface area contributed by atoms with Crippen molar-refractivity contribution in [2.45, 2.75) is 50.6 Å². The fourth-order valence-electron chi connectivity index (χ4n) is 3.41. The second-order valence-electron chi connectivity index (χ2n) is 6.82. The molecule has 26 heavy (non-hydrogen) atoms. The van der Waals surface area contributed by atoms with E-state index in [0.717, 1.165) is 19.3 Å². The summed E-state index contributed by atoms with van der Waals surface area (Å²) >= 11 is 0. The summed E-state index contributed by atoms with van der Waals surface area (Å²) in [7, 11) is 1.24. The number of hydrogen-bond acceptors (Lipinski definition) is 5. The number of rotatable bonds is 7. The molecule has 0 aliphatic heterocycles.